The number of fused-ring (bicyclic) bond motifs is 1. The van der Waals surface area contributed by atoms with Crippen molar-refractivity contribution in [2.45, 2.75) is 39.8 Å². The van der Waals surface area contributed by atoms with Crippen LogP contribution in [0.25, 0.3) is 11.0 Å². The van der Waals surface area contributed by atoms with Crippen molar-refractivity contribution in [1.82, 2.24) is 5.32 Å². The van der Waals surface area contributed by atoms with Gasteiger partial charge in [-0.2, -0.15) is 0 Å². The molecule has 1 aromatic heterocycles. The fourth-order valence-corrected chi connectivity index (χ4v) is 2.51. The lowest BCUT2D eigenvalue weighted by Gasteiger charge is -2.17. The summed E-state index contributed by atoms with van der Waals surface area (Å²) in [6.07, 6.45) is -0.508. The highest BCUT2D eigenvalue weighted by Crippen LogP contribution is 2.28. The van der Waals surface area contributed by atoms with Crippen LogP contribution >= 0.6 is 0 Å². The molecule has 0 aliphatic rings. The summed E-state index contributed by atoms with van der Waals surface area (Å²) in [7, 11) is 0. The zero-order chi connectivity index (χ0) is 16.1. The molecule has 0 aliphatic carbocycles. The highest BCUT2D eigenvalue weighted by atomic mass is 16.5. The summed E-state index contributed by atoms with van der Waals surface area (Å²) in [6.45, 7) is 9.82. The van der Waals surface area contributed by atoms with Crippen molar-refractivity contribution >= 4 is 11.0 Å². The van der Waals surface area contributed by atoms with Crippen LogP contribution in [0.4, 0.5) is 0 Å². The van der Waals surface area contributed by atoms with Crippen LogP contribution < -0.4 is 5.32 Å². The van der Waals surface area contributed by atoms with Gasteiger partial charge < -0.3 is 19.6 Å². The molecule has 2 atom stereocenters. The molecule has 2 rings (SSSR count). The number of hydrogen-bond acceptors (Lipinski definition) is 4. The number of furan rings is 1. The Kier molecular flexibility index (Phi) is 6.00. The first-order chi connectivity index (χ1) is 10.5. The van der Waals surface area contributed by atoms with Gasteiger partial charge in [-0.25, -0.2) is 0 Å². The molecular weight excluding hydrogens is 278 g/mol. The van der Waals surface area contributed by atoms with Crippen molar-refractivity contribution in [2.75, 3.05) is 19.8 Å². The summed E-state index contributed by atoms with van der Waals surface area (Å²) in [5.74, 6) is 1.41. The van der Waals surface area contributed by atoms with Gasteiger partial charge in [0.1, 0.15) is 11.3 Å². The molecule has 1 heterocycles. The van der Waals surface area contributed by atoms with Crippen LogP contribution in [0.3, 0.4) is 0 Å². The van der Waals surface area contributed by atoms with Gasteiger partial charge in [0.15, 0.2) is 0 Å². The lowest BCUT2D eigenvalue weighted by Crippen LogP contribution is -2.32. The average molecular weight is 305 g/mol. The Labute approximate surface area is 132 Å². The summed E-state index contributed by atoms with van der Waals surface area (Å²) >= 11 is 0. The Hall–Kier alpha value is -1.36. The van der Waals surface area contributed by atoms with Crippen molar-refractivity contribution in [3.63, 3.8) is 0 Å². The third-order valence-electron chi connectivity index (χ3n) is 3.69. The summed E-state index contributed by atoms with van der Waals surface area (Å²) in [5.41, 5.74) is 2.06. The van der Waals surface area contributed by atoms with E-state index in [1.165, 1.54) is 0 Å². The van der Waals surface area contributed by atoms with Gasteiger partial charge in [0.2, 0.25) is 0 Å². The van der Waals surface area contributed by atoms with E-state index in [4.69, 9.17) is 9.15 Å². The highest BCUT2D eigenvalue weighted by molar-refractivity contribution is 5.82. The molecule has 4 heteroatoms. The van der Waals surface area contributed by atoms with E-state index < -0.39 is 6.10 Å². The molecule has 0 saturated heterocycles. The third kappa shape index (κ3) is 4.32. The van der Waals surface area contributed by atoms with E-state index in [9.17, 15) is 5.11 Å². The van der Waals surface area contributed by atoms with Crippen molar-refractivity contribution in [1.29, 1.82) is 0 Å². The van der Waals surface area contributed by atoms with Gasteiger partial charge in [0.05, 0.1) is 18.8 Å². The molecular formula is C18H27NO3. The SMILES string of the molecule is Cc1c(C(C)NCC(O)COCC(C)C)oc2ccccc12. The maximum absolute atomic E-state index is 9.95. The van der Waals surface area contributed by atoms with E-state index in [1.807, 2.05) is 25.1 Å². The van der Waals surface area contributed by atoms with Gasteiger partial charge in [0.25, 0.3) is 0 Å². The second kappa shape index (κ2) is 7.77. The monoisotopic (exact) mass is 305 g/mol. The van der Waals surface area contributed by atoms with Gasteiger partial charge in [-0.05, 0) is 31.4 Å². The Morgan fingerprint density at radius 2 is 1.91 bits per heavy atom. The molecule has 122 valence electrons. The number of para-hydroxylation sites is 1. The normalized spacial score (nSPS) is 14.6. The average Bonchev–Trinajstić information content (AvgIpc) is 2.82. The van der Waals surface area contributed by atoms with Crippen LogP contribution in [0.1, 0.15) is 38.1 Å². The molecule has 1 aromatic carbocycles. The number of benzene rings is 1. The number of rotatable bonds is 8. The van der Waals surface area contributed by atoms with Crippen LogP contribution in [-0.2, 0) is 4.74 Å². The summed E-state index contributed by atoms with van der Waals surface area (Å²) in [4.78, 5) is 0. The highest BCUT2D eigenvalue weighted by Gasteiger charge is 2.17. The van der Waals surface area contributed by atoms with Gasteiger partial charge >= 0.3 is 0 Å². The van der Waals surface area contributed by atoms with Crippen molar-refractivity contribution in [3.8, 4) is 0 Å². The minimum absolute atomic E-state index is 0.0483. The smallest absolute Gasteiger partial charge is 0.134 e. The lowest BCUT2D eigenvalue weighted by molar-refractivity contribution is 0.0249. The molecule has 22 heavy (non-hydrogen) atoms. The minimum Gasteiger partial charge on any atom is -0.459 e. The van der Waals surface area contributed by atoms with E-state index in [-0.39, 0.29) is 6.04 Å². The minimum atomic E-state index is -0.508. The van der Waals surface area contributed by atoms with Gasteiger partial charge in [-0.1, -0.05) is 32.0 Å². The number of hydrogen-bond donors (Lipinski definition) is 2. The zero-order valence-electron chi connectivity index (χ0n) is 13.9. The summed E-state index contributed by atoms with van der Waals surface area (Å²) in [5, 5.41) is 14.4. The summed E-state index contributed by atoms with van der Waals surface area (Å²) < 4.78 is 11.4. The molecule has 2 unspecified atom stereocenters. The topological polar surface area (TPSA) is 54.6 Å². The van der Waals surface area contributed by atoms with Gasteiger partial charge in [0, 0.05) is 18.5 Å². The van der Waals surface area contributed by atoms with Crippen molar-refractivity contribution < 1.29 is 14.3 Å². The maximum atomic E-state index is 9.95. The zero-order valence-corrected chi connectivity index (χ0v) is 13.9. The quantitative estimate of drug-likeness (QED) is 0.784. The van der Waals surface area contributed by atoms with Crippen LogP contribution in [0.15, 0.2) is 28.7 Å². The predicted molar refractivity (Wildman–Crippen MR) is 89.0 cm³/mol. The van der Waals surface area contributed by atoms with Crippen LogP contribution in [0.5, 0.6) is 0 Å². The first kappa shape index (κ1) is 17.0. The Balaban J connectivity index is 1.88. The first-order valence-electron chi connectivity index (χ1n) is 7.96. The number of aliphatic hydroxyl groups is 1. The van der Waals surface area contributed by atoms with Gasteiger partial charge in [-0.15, -0.1) is 0 Å². The number of nitrogens with one attached hydrogen (secondary N) is 1. The van der Waals surface area contributed by atoms with Crippen LogP contribution in [0, 0.1) is 12.8 Å². The van der Waals surface area contributed by atoms with Gasteiger partial charge in [-0.3, -0.25) is 0 Å². The van der Waals surface area contributed by atoms with E-state index in [1.54, 1.807) is 0 Å². The van der Waals surface area contributed by atoms with E-state index in [0.29, 0.717) is 25.7 Å². The molecule has 0 radical (unpaired) electrons. The molecule has 0 aliphatic heterocycles. The van der Waals surface area contributed by atoms with E-state index >= 15 is 0 Å². The number of ether oxygens (including phenoxy) is 1. The molecule has 2 aromatic rings. The predicted octanol–water partition coefficient (Wildman–Crippen LogP) is 3.43. The molecule has 0 fully saturated rings. The molecule has 0 bridgehead atoms. The van der Waals surface area contributed by atoms with E-state index in [2.05, 4.69) is 32.2 Å². The summed E-state index contributed by atoms with van der Waals surface area (Å²) in [6, 6.07) is 8.09. The molecule has 2 N–H and O–H groups in total. The van der Waals surface area contributed by atoms with Crippen LogP contribution in [-0.4, -0.2) is 31.0 Å². The standard InChI is InChI=1S/C18H27NO3/c1-12(2)10-21-11-15(20)9-19-14(4)18-13(3)16-7-5-6-8-17(16)22-18/h5-8,12,14-15,19-20H,9-11H2,1-4H3. The Morgan fingerprint density at radius 1 is 1.18 bits per heavy atom. The Bertz CT molecular complexity index is 591. The molecule has 0 spiro atoms. The van der Waals surface area contributed by atoms with Crippen molar-refractivity contribution in [2.24, 2.45) is 5.92 Å². The third-order valence-corrected chi connectivity index (χ3v) is 3.69. The largest absolute Gasteiger partial charge is 0.459 e. The van der Waals surface area contributed by atoms with Crippen molar-refractivity contribution in [3.05, 3.63) is 35.6 Å². The molecule has 0 amide bonds. The Morgan fingerprint density at radius 3 is 2.59 bits per heavy atom. The second-order valence-corrected chi connectivity index (χ2v) is 6.30. The van der Waals surface area contributed by atoms with E-state index in [0.717, 1.165) is 22.3 Å². The maximum Gasteiger partial charge on any atom is 0.134 e. The first-order valence-corrected chi connectivity index (χ1v) is 7.96. The molecule has 0 saturated carbocycles. The van der Waals surface area contributed by atoms with Crippen LogP contribution in [0.2, 0.25) is 0 Å². The number of aliphatic hydroxyl groups excluding tert-OH is 1. The fraction of sp³-hybridized carbons (Fsp3) is 0.556. The number of aryl methyl sites for hydroxylation is 1. The molecule has 4 nitrogen and oxygen atoms in total. The second-order valence-electron chi connectivity index (χ2n) is 6.30. The lowest BCUT2D eigenvalue weighted by atomic mass is 10.1. The fourth-order valence-electron chi connectivity index (χ4n) is 2.51.